The number of amides is 1. The van der Waals surface area contributed by atoms with Gasteiger partial charge in [-0.2, -0.15) is 0 Å². The summed E-state index contributed by atoms with van der Waals surface area (Å²) in [7, 11) is 0. The number of pyridine rings is 1. The summed E-state index contributed by atoms with van der Waals surface area (Å²) in [6.07, 6.45) is 2.29. The summed E-state index contributed by atoms with van der Waals surface area (Å²) >= 11 is 3.35. The van der Waals surface area contributed by atoms with Crippen LogP contribution in [0.25, 0.3) is 10.9 Å². The molecule has 0 fully saturated rings. The van der Waals surface area contributed by atoms with E-state index in [1.807, 2.05) is 31.2 Å². The Morgan fingerprint density at radius 3 is 2.61 bits per heavy atom. The molecule has 1 amide bonds. The Balaban J connectivity index is 1.93. The van der Waals surface area contributed by atoms with Gasteiger partial charge in [-0.1, -0.05) is 15.9 Å². The minimum absolute atomic E-state index is 0.176. The van der Waals surface area contributed by atoms with Crippen molar-refractivity contribution in [3.05, 3.63) is 69.8 Å². The Morgan fingerprint density at radius 2 is 1.91 bits per heavy atom. The Kier molecular flexibility index (Phi) is 4.21. The van der Waals surface area contributed by atoms with Gasteiger partial charge in [0.25, 0.3) is 5.91 Å². The maximum atomic E-state index is 12.3. The fraction of sp³-hybridized carbons (Fsp3) is 0.0556. The lowest BCUT2D eigenvalue weighted by atomic mass is 10.1. The standard InChI is InChI=1S/C18H13BrN2O2/c1-11-6-14-7-12(10-22)9-20-17(14)8-16(11)21-18(23)13-2-4-15(19)5-3-13/h2-10H,1H3,(H,21,23). The molecular formula is C18H13BrN2O2. The van der Waals surface area contributed by atoms with Crippen LogP contribution in [0.15, 0.2) is 53.1 Å². The minimum Gasteiger partial charge on any atom is -0.322 e. The molecule has 0 spiro atoms. The first kappa shape index (κ1) is 15.4. The van der Waals surface area contributed by atoms with Gasteiger partial charge in [-0.3, -0.25) is 14.6 Å². The highest BCUT2D eigenvalue weighted by atomic mass is 79.9. The van der Waals surface area contributed by atoms with Crippen LogP contribution in [0.3, 0.4) is 0 Å². The maximum absolute atomic E-state index is 12.3. The van der Waals surface area contributed by atoms with Gasteiger partial charge in [0.05, 0.1) is 5.52 Å². The van der Waals surface area contributed by atoms with Gasteiger partial charge >= 0.3 is 0 Å². The second-order valence-corrected chi connectivity index (χ2v) is 6.12. The lowest BCUT2D eigenvalue weighted by molar-refractivity contribution is 0.102. The lowest BCUT2D eigenvalue weighted by Crippen LogP contribution is -2.12. The first-order valence-electron chi connectivity index (χ1n) is 6.99. The van der Waals surface area contributed by atoms with Gasteiger partial charge in [-0.25, -0.2) is 0 Å². The van der Waals surface area contributed by atoms with E-state index in [9.17, 15) is 9.59 Å². The van der Waals surface area contributed by atoms with Crippen LogP contribution in [0.5, 0.6) is 0 Å². The molecule has 0 saturated heterocycles. The number of rotatable bonds is 3. The molecule has 3 rings (SSSR count). The summed E-state index contributed by atoms with van der Waals surface area (Å²) in [5.74, 6) is -0.176. The molecule has 0 saturated carbocycles. The molecule has 2 aromatic carbocycles. The summed E-state index contributed by atoms with van der Waals surface area (Å²) in [6, 6.07) is 12.7. The van der Waals surface area contributed by atoms with Crippen LogP contribution in [0.1, 0.15) is 26.3 Å². The van der Waals surface area contributed by atoms with Crippen molar-refractivity contribution >= 4 is 44.7 Å². The maximum Gasteiger partial charge on any atom is 0.255 e. The van der Waals surface area contributed by atoms with Crippen molar-refractivity contribution in [1.29, 1.82) is 0 Å². The number of carbonyl (C=O) groups is 2. The molecule has 114 valence electrons. The van der Waals surface area contributed by atoms with Crippen LogP contribution < -0.4 is 5.32 Å². The largest absolute Gasteiger partial charge is 0.322 e. The average Bonchev–Trinajstić information content (AvgIpc) is 2.55. The minimum atomic E-state index is -0.176. The third-order valence-electron chi connectivity index (χ3n) is 3.54. The molecule has 0 radical (unpaired) electrons. The highest BCUT2D eigenvalue weighted by Crippen LogP contribution is 2.23. The first-order chi connectivity index (χ1) is 11.1. The molecule has 1 heterocycles. The van der Waals surface area contributed by atoms with Gasteiger partial charge in [-0.05, 0) is 55.0 Å². The van der Waals surface area contributed by atoms with E-state index in [1.54, 1.807) is 18.2 Å². The molecule has 0 aliphatic rings. The Hall–Kier alpha value is -2.53. The predicted molar refractivity (Wildman–Crippen MR) is 94.0 cm³/mol. The molecule has 3 aromatic rings. The summed E-state index contributed by atoms with van der Waals surface area (Å²) in [5.41, 5.74) is 3.46. The van der Waals surface area contributed by atoms with Crippen molar-refractivity contribution < 1.29 is 9.59 Å². The summed E-state index contributed by atoms with van der Waals surface area (Å²) < 4.78 is 0.922. The molecule has 0 aliphatic heterocycles. The van der Waals surface area contributed by atoms with Gasteiger partial charge in [0, 0.05) is 32.9 Å². The van der Waals surface area contributed by atoms with Gasteiger partial charge in [0.2, 0.25) is 0 Å². The fourth-order valence-corrected chi connectivity index (χ4v) is 2.57. The van der Waals surface area contributed by atoms with E-state index in [4.69, 9.17) is 0 Å². The van der Waals surface area contributed by atoms with Gasteiger partial charge in [0.15, 0.2) is 6.29 Å². The lowest BCUT2D eigenvalue weighted by Gasteiger charge is -2.10. The number of anilines is 1. The second-order valence-electron chi connectivity index (χ2n) is 5.21. The molecular weight excluding hydrogens is 356 g/mol. The zero-order chi connectivity index (χ0) is 16.4. The molecule has 0 unspecified atom stereocenters. The van der Waals surface area contributed by atoms with Gasteiger partial charge < -0.3 is 5.32 Å². The molecule has 1 aromatic heterocycles. The highest BCUT2D eigenvalue weighted by molar-refractivity contribution is 9.10. The van der Waals surface area contributed by atoms with Crippen molar-refractivity contribution in [1.82, 2.24) is 4.98 Å². The number of halogens is 1. The number of nitrogens with zero attached hydrogens (tertiary/aromatic N) is 1. The number of hydrogen-bond acceptors (Lipinski definition) is 3. The molecule has 23 heavy (non-hydrogen) atoms. The second kappa shape index (κ2) is 6.30. The topological polar surface area (TPSA) is 59.1 Å². The number of aromatic nitrogens is 1. The predicted octanol–water partition coefficient (Wildman–Crippen LogP) is 4.37. The Morgan fingerprint density at radius 1 is 1.17 bits per heavy atom. The third kappa shape index (κ3) is 3.29. The Bertz CT molecular complexity index is 905. The van der Waals surface area contributed by atoms with E-state index in [0.29, 0.717) is 16.8 Å². The zero-order valence-electron chi connectivity index (χ0n) is 12.3. The third-order valence-corrected chi connectivity index (χ3v) is 4.07. The van der Waals surface area contributed by atoms with E-state index < -0.39 is 0 Å². The highest BCUT2D eigenvalue weighted by Gasteiger charge is 2.09. The van der Waals surface area contributed by atoms with Crippen LogP contribution in [-0.2, 0) is 0 Å². The molecule has 4 nitrogen and oxygen atoms in total. The number of benzene rings is 2. The van der Waals surface area contributed by atoms with E-state index in [2.05, 4.69) is 26.2 Å². The number of aldehydes is 1. The normalized spacial score (nSPS) is 10.5. The monoisotopic (exact) mass is 368 g/mol. The van der Waals surface area contributed by atoms with Crippen LogP contribution in [0, 0.1) is 6.92 Å². The van der Waals surface area contributed by atoms with Crippen LogP contribution in [-0.4, -0.2) is 17.2 Å². The van der Waals surface area contributed by atoms with Crippen LogP contribution in [0.2, 0.25) is 0 Å². The number of fused-ring (bicyclic) bond motifs is 1. The van der Waals surface area contributed by atoms with E-state index in [-0.39, 0.29) is 5.91 Å². The summed E-state index contributed by atoms with van der Waals surface area (Å²) in [6.45, 7) is 1.91. The van der Waals surface area contributed by atoms with Crippen LogP contribution >= 0.6 is 15.9 Å². The SMILES string of the molecule is Cc1cc2cc(C=O)cnc2cc1NC(=O)c1ccc(Br)cc1. The van der Waals surface area contributed by atoms with E-state index in [1.165, 1.54) is 6.20 Å². The zero-order valence-corrected chi connectivity index (χ0v) is 13.9. The fourth-order valence-electron chi connectivity index (χ4n) is 2.30. The van der Waals surface area contributed by atoms with E-state index >= 15 is 0 Å². The van der Waals surface area contributed by atoms with Gasteiger partial charge in [-0.15, -0.1) is 0 Å². The molecule has 0 aliphatic carbocycles. The number of nitrogens with one attached hydrogen (secondary N) is 1. The van der Waals surface area contributed by atoms with Crippen molar-refractivity contribution in [2.45, 2.75) is 6.92 Å². The summed E-state index contributed by atoms with van der Waals surface area (Å²) in [5, 5.41) is 3.77. The Labute approximate surface area is 141 Å². The molecule has 5 heteroatoms. The van der Waals surface area contributed by atoms with Crippen molar-refractivity contribution in [3.63, 3.8) is 0 Å². The molecule has 0 bridgehead atoms. The summed E-state index contributed by atoms with van der Waals surface area (Å²) in [4.78, 5) is 27.4. The number of aryl methyl sites for hydroxylation is 1. The molecule has 1 N–H and O–H groups in total. The van der Waals surface area contributed by atoms with E-state index in [0.717, 1.165) is 27.2 Å². The quantitative estimate of drug-likeness (QED) is 0.698. The van der Waals surface area contributed by atoms with Crippen molar-refractivity contribution in [3.8, 4) is 0 Å². The van der Waals surface area contributed by atoms with Crippen molar-refractivity contribution in [2.75, 3.05) is 5.32 Å². The average molecular weight is 369 g/mol. The smallest absolute Gasteiger partial charge is 0.255 e. The van der Waals surface area contributed by atoms with Gasteiger partial charge in [0.1, 0.15) is 0 Å². The van der Waals surface area contributed by atoms with Crippen LogP contribution in [0.4, 0.5) is 5.69 Å². The van der Waals surface area contributed by atoms with Crippen molar-refractivity contribution in [2.24, 2.45) is 0 Å². The molecule has 0 atom stereocenters. The number of hydrogen-bond donors (Lipinski definition) is 1. The number of carbonyl (C=O) groups excluding carboxylic acids is 2. The first-order valence-corrected chi connectivity index (χ1v) is 7.78.